The van der Waals surface area contributed by atoms with Crippen LogP contribution in [0.2, 0.25) is 0 Å². The first kappa shape index (κ1) is 25.8. The Balaban J connectivity index is 1.26. The maximum absolute atomic E-state index is 12.7. The van der Waals surface area contributed by atoms with Crippen molar-refractivity contribution < 1.29 is 9.21 Å². The van der Waals surface area contributed by atoms with Gasteiger partial charge >= 0.3 is 0 Å². The van der Waals surface area contributed by atoms with Crippen molar-refractivity contribution in [3.8, 4) is 17.0 Å². The Bertz CT molecular complexity index is 1610. The van der Waals surface area contributed by atoms with Gasteiger partial charge in [-0.1, -0.05) is 53.5 Å². The molecule has 7 nitrogen and oxygen atoms in total. The number of unbranched alkanes of at least 4 members (excludes halogenated alkanes) is 1. The van der Waals surface area contributed by atoms with Crippen LogP contribution in [0.25, 0.3) is 28.0 Å². The Hall–Kier alpha value is -3.82. The van der Waals surface area contributed by atoms with Crippen molar-refractivity contribution in [2.75, 3.05) is 5.32 Å². The number of nitrogens with one attached hydrogen (secondary N) is 2. The summed E-state index contributed by atoms with van der Waals surface area (Å²) in [5.74, 6) is 0.335. The molecule has 3 aromatic carbocycles. The maximum Gasteiger partial charge on any atom is 0.293 e. The van der Waals surface area contributed by atoms with Crippen LogP contribution in [0.15, 0.2) is 81.7 Å². The van der Waals surface area contributed by atoms with Crippen LogP contribution in [0.1, 0.15) is 41.4 Å². The molecule has 2 N–H and O–H groups in total. The second-order valence-electron chi connectivity index (χ2n) is 8.99. The third kappa shape index (κ3) is 5.84. The minimum atomic E-state index is -0.432. The van der Waals surface area contributed by atoms with Crippen LogP contribution in [0.4, 0.5) is 5.69 Å². The zero-order valence-electron chi connectivity index (χ0n) is 21.0. The highest BCUT2D eigenvalue weighted by molar-refractivity contribution is 9.10. The van der Waals surface area contributed by atoms with E-state index in [1.807, 2.05) is 55.5 Å². The predicted octanol–water partition coefficient (Wildman–Crippen LogP) is 7.22. The van der Waals surface area contributed by atoms with Crippen LogP contribution in [0.3, 0.4) is 0 Å². The summed E-state index contributed by atoms with van der Waals surface area (Å²) in [5.41, 5.74) is 6.23. The summed E-state index contributed by atoms with van der Waals surface area (Å²) in [4.78, 5) is 14.4. The molecule has 0 bridgehead atoms. The number of furan rings is 1. The van der Waals surface area contributed by atoms with Crippen molar-refractivity contribution >= 4 is 55.9 Å². The van der Waals surface area contributed by atoms with Crippen molar-refractivity contribution in [2.24, 2.45) is 0 Å². The summed E-state index contributed by atoms with van der Waals surface area (Å²) in [6.45, 7) is 4.14. The van der Waals surface area contributed by atoms with E-state index in [0.717, 1.165) is 38.9 Å². The molecule has 0 spiro atoms. The number of fused-ring (bicyclic) bond motifs is 1. The van der Waals surface area contributed by atoms with E-state index in [1.54, 1.807) is 16.9 Å². The molecule has 2 aromatic heterocycles. The van der Waals surface area contributed by atoms with E-state index in [1.165, 1.54) is 18.4 Å². The van der Waals surface area contributed by atoms with Crippen molar-refractivity contribution in [1.82, 2.24) is 20.3 Å². The zero-order chi connectivity index (χ0) is 26.6. The summed E-state index contributed by atoms with van der Waals surface area (Å²) < 4.78 is 6.71. The molecule has 0 radical (unpaired) electrons. The SMILES string of the molecule is CCCCc1ccc(-n2nc3cc(C)c(NC(=S)NC(=O)c4ccc(-c5ccc(Br)cc5)o4)cc3n2)cc1. The summed E-state index contributed by atoms with van der Waals surface area (Å²) >= 11 is 8.82. The molecule has 5 rings (SSSR count). The van der Waals surface area contributed by atoms with E-state index >= 15 is 0 Å². The Kier molecular flexibility index (Phi) is 7.67. The van der Waals surface area contributed by atoms with Crippen molar-refractivity contribution in [2.45, 2.75) is 33.1 Å². The molecule has 0 aliphatic rings. The number of carbonyl (C=O) groups is 1. The zero-order valence-corrected chi connectivity index (χ0v) is 23.4. The van der Waals surface area contributed by atoms with Gasteiger partial charge in [0.2, 0.25) is 0 Å². The normalized spacial score (nSPS) is 11.0. The molecule has 2 heterocycles. The fourth-order valence-electron chi connectivity index (χ4n) is 4.04. The van der Waals surface area contributed by atoms with E-state index in [4.69, 9.17) is 16.6 Å². The standard InChI is InChI=1S/C29H26BrN5O2S/c1-3-4-5-19-6-12-22(13-7-19)35-33-24-16-18(2)23(17-25(24)34-35)31-29(38)32-28(36)27-15-14-26(37-27)20-8-10-21(30)11-9-20/h6-17H,3-5H2,1-2H3,(H2,31,32,36,38). The van der Waals surface area contributed by atoms with Crippen molar-refractivity contribution in [3.05, 3.63) is 94.2 Å². The smallest absolute Gasteiger partial charge is 0.293 e. The second-order valence-corrected chi connectivity index (χ2v) is 10.3. The Morgan fingerprint density at radius 3 is 2.42 bits per heavy atom. The van der Waals surface area contributed by atoms with Crippen molar-refractivity contribution in [3.63, 3.8) is 0 Å². The van der Waals surface area contributed by atoms with Gasteiger partial charge < -0.3 is 9.73 Å². The third-order valence-corrected chi connectivity index (χ3v) is 6.88. The van der Waals surface area contributed by atoms with Crippen LogP contribution < -0.4 is 10.6 Å². The molecule has 0 fully saturated rings. The molecular formula is C29H26BrN5O2S. The average Bonchev–Trinajstić information content (AvgIpc) is 3.56. The van der Waals surface area contributed by atoms with Crippen LogP contribution in [-0.2, 0) is 6.42 Å². The number of halogens is 1. The van der Waals surface area contributed by atoms with Gasteiger partial charge in [-0.25, -0.2) is 0 Å². The number of aryl methyl sites for hydroxylation is 2. The van der Waals surface area contributed by atoms with E-state index in [0.29, 0.717) is 11.3 Å². The van der Waals surface area contributed by atoms with Gasteiger partial charge in [0, 0.05) is 15.7 Å². The summed E-state index contributed by atoms with van der Waals surface area (Å²) in [5, 5.41) is 15.2. The van der Waals surface area contributed by atoms with Gasteiger partial charge in [0.25, 0.3) is 5.91 Å². The Morgan fingerprint density at radius 1 is 1.00 bits per heavy atom. The first-order chi connectivity index (χ1) is 18.4. The molecule has 0 atom stereocenters. The molecule has 9 heteroatoms. The number of nitrogens with zero attached hydrogens (tertiary/aromatic N) is 3. The monoisotopic (exact) mass is 587 g/mol. The minimum absolute atomic E-state index is 0.161. The summed E-state index contributed by atoms with van der Waals surface area (Å²) in [6, 6.07) is 23.2. The maximum atomic E-state index is 12.7. The first-order valence-corrected chi connectivity index (χ1v) is 13.5. The third-order valence-electron chi connectivity index (χ3n) is 6.15. The number of hydrogen-bond acceptors (Lipinski definition) is 5. The Morgan fingerprint density at radius 2 is 1.71 bits per heavy atom. The van der Waals surface area contributed by atoms with E-state index < -0.39 is 5.91 Å². The topological polar surface area (TPSA) is 85.0 Å². The van der Waals surface area contributed by atoms with E-state index in [9.17, 15) is 4.79 Å². The average molecular weight is 589 g/mol. The lowest BCUT2D eigenvalue weighted by molar-refractivity contribution is 0.0951. The molecule has 38 heavy (non-hydrogen) atoms. The van der Waals surface area contributed by atoms with Gasteiger partial charge in [0.1, 0.15) is 16.8 Å². The number of aromatic nitrogens is 3. The number of anilines is 1. The first-order valence-electron chi connectivity index (χ1n) is 12.3. The molecule has 0 saturated carbocycles. The number of rotatable bonds is 7. The molecule has 0 saturated heterocycles. The highest BCUT2D eigenvalue weighted by atomic mass is 79.9. The minimum Gasteiger partial charge on any atom is -0.451 e. The molecule has 0 aliphatic carbocycles. The number of amides is 1. The van der Waals surface area contributed by atoms with E-state index in [2.05, 4.69) is 55.8 Å². The Labute approximate surface area is 234 Å². The number of hydrogen-bond donors (Lipinski definition) is 2. The lowest BCUT2D eigenvalue weighted by Crippen LogP contribution is -2.34. The van der Waals surface area contributed by atoms with Gasteiger partial charge in [0.15, 0.2) is 10.9 Å². The second kappa shape index (κ2) is 11.3. The molecule has 0 aliphatic heterocycles. The van der Waals surface area contributed by atoms with Crippen molar-refractivity contribution in [1.29, 1.82) is 0 Å². The highest BCUT2D eigenvalue weighted by Gasteiger charge is 2.15. The quantitative estimate of drug-likeness (QED) is 0.195. The van der Waals surface area contributed by atoms with Gasteiger partial charge in [-0.05, 0) is 91.6 Å². The number of thiocarbonyl (C=S) groups is 1. The predicted molar refractivity (Wildman–Crippen MR) is 158 cm³/mol. The fourth-order valence-corrected chi connectivity index (χ4v) is 4.51. The molecule has 0 unspecified atom stereocenters. The van der Waals surface area contributed by atoms with Crippen LogP contribution in [0, 0.1) is 6.92 Å². The molecule has 1 amide bonds. The van der Waals surface area contributed by atoms with Crippen LogP contribution in [0.5, 0.6) is 0 Å². The van der Waals surface area contributed by atoms with Gasteiger partial charge in [-0.15, -0.1) is 10.2 Å². The van der Waals surface area contributed by atoms with Crippen LogP contribution in [-0.4, -0.2) is 26.0 Å². The van der Waals surface area contributed by atoms with Gasteiger partial charge in [-0.2, -0.15) is 4.80 Å². The van der Waals surface area contributed by atoms with Gasteiger partial charge in [-0.3, -0.25) is 10.1 Å². The summed E-state index contributed by atoms with van der Waals surface area (Å²) in [7, 11) is 0. The lowest BCUT2D eigenvalue weighted by Gasteiger charge is -2.10. The number of benzene rings is 3. The highest BCUT2D eigenvalue weighted by Crippen LogP contribution is 2.25. The lowest BCUT2D eigenvalue weighted by atomic mass is 10.1. The number of carbonyl (C=O) groups excluding carboxylic acids is 1. The van der Waals surface area contributed by atoms with E-state index in [-0.39, 0.29) is 10.9 Å². The fraction of sp³-hybridized carbons (Fsp3) is 0.172. The molecule has 5 aromatic rings. The molecular weight excluding hydrogens is 562 g/mol. The van der Waals surface area contributed by atoms with Crippen LogP contribution >= 0.6 is 28.1 Å². The largest absolute Gasteiger partial charge is 0.451 e. The summed E-state index contributed by atoms with van der Waals surface area (Å²) in [6.07, 6.45) is 3.42. The van der Waals surface area contributed by atoms with Gasteiger partial charge in [0.05, 0.1) is 5.69 Å². The molecule has 192 valence electrons.